The average molecular weight is 200 g/mol. The minimum atomic E-state index is -0.300. The Morgan fingerprint density at radius 3 is 2.64 bits per heavy atom. The van der Waals surface area contributed by atoms with Crippen molar-refractivity contribution in [2.24, 2.45) is 5.92 Å². The molecule has 0 bridgehead atoms. The van der Waals surface area contributed by atoms with Crippen molar-refractivity contribution in [2.45, 2.75) is 50.9 Å². The Labute approximate surface area is 85.4 Å². The zero-order valence-corrected chi connectivity index (χ0v) is 8.82. The second kappa shape index (κ2) is 4.60. The minimum absolute atomic E-state index is 0.0614. The Kier molecular flexibility index (Phi) is 3.42. The van der Waals surface area contributed by atoms with Gasteiger partial charge in [-0.2, -0.15) is 0 Å². The normalized spacial score (nSPS) is 36.9. The molecule has 82 valence electrons. The first-order valence-corrected chi connectivity index (χ1v) is 5.72. The molecule has 3 unspecified atom stereocenters. The van der Waals surface area contributed by atoms with Crippen molar-refractivity contribution in [1.29, 1.82) is 0 Å². The van der Waals surface area contributed by atoms with Crippen molar-refractivity contribution >= 4 is 0 Å². The minimum Gasteiger partial charge on any atom is -0.390 e. The predicted octanol–water partition coefficient (Wildman–Crippen LogP) is 1.34. The highest BCUT2D eigenvalue weighted by molar-refractivity contribution is 4.92. The second-order valence-corrected chi connectivity index (χ2v) is 4.45. The summed E-state index contributed by atoms with van der Waals surface area (Å²) in [4.78, 5) is 0. The summed E-state index contributed by atoms with van der Waals surface area (Å²) in [5, 5.41) is 9.48. The summed E-state index contributed by atoms with van der Waals surface area (Å²) < 4.78 is 11.2. The topological polar surface area (TPSA) is 38.7 Å². The average Bonchev–Trinajstić information content (AvgIpc) is 2.96. The first-order chi connectivity index (χ1) is 6.81. The number of aliphatic hydroxyl groups is 1. The number of hydrogen-bond donors (Lipinski definition) is 1. The molecule has 2 saturated carbocycles. The molecule has 3 atom stereocenters. The van der Waals surface area contributed by atoms with Crippen molar-refractivity contribution in [1.82, 2.24) is 0 Å². The van der Waals surface area contributed by atoms with Crippen LogP contribution in [0.3, 0.4) is 0 Å². The van der Waals surface area contributed by atoms with Gasteiger partial charge in [-0.3, -0.25) is 0 Å². The summed E-state index contributed by atoms with van der Waals surface area (Å²) in [6.07, 6.45) is 4.17. The molecule has 0 aliphatic heterocycles. The van der Waals surface area contributed by atoms with Gasteiger partial charge in [-0.15, -0.1) is 0 Å². The van der Waals surface area contributed by atoms with Crippen LogP contribution < -0.4 is 0 Å². The molecule has 0 radical (unpaired) electrons. The molecule has 2 aliphatic carbocycles. The van der Waals surface area contributed by atoms with Crippen LogP contribution >= 0.6 is 0 Å². The van der Waals surface area contributed by atoms with E-state index in [1.807, 2.05) is 0 Å². The van der Waals surface area contributed by atoms with E-state index < -0.39 is 0 Å². The van der Waals surface area contributed by atoms with Gasteiger partial charge in [0.15, 0.2) is 0 Å². The van der Waals surface area contributed by atoms with Crippen LogP contribution in [0.15, 0.2) is 0 Å². The summed E-state index contributed by atoms with van der Waals surface area (Å²) in [5.74, 6) is 0.791. The van der Waals surface area contributed by atoms with E-state index in [0.29, 0.717) is 0 Å². The molecule has 0 spiro atoms. The summed E-state index contributed by atoms with van der Waals surface area (Å²) >= 11 is 0. The van der Waals surface area contributed by atoms with Gasteiger partial charge in [-0.1, -0.05) is 6.92 Å². The standard InChI is InChI=1S/C11H20O3/c1-2-5-13-11-9(12)6-10(11)14-7-8-3-4-8/h8-12H,2-7H2,1H3. The van der Waals surface area contributed by atoms with Gasteiger partial charge in [0.2, 0.25) is 0 Å². The van der Waals surface area contributed by atoms with Crippen LogP contribution in [0.2, 0.25) is 0 Å². The van der Waals surface area contributed by atoms with Crippen LogP contribution in [0.4, 0.5) is 0 Å². The molecule has 2 aliphatic rings. The van der Waals surface area contributed by atoms with E-state index in [4.69, 9.17) is 9.47 Å². The highest BCUT2D eigenvalue weighted by Gasteiger charge is 2.42. The highest BCUT2D eigenvalue weighted by Crippen LogP contribution is 2.33. The van der Waals surface area contributed by atoms with Crippen LogP contribution in [-0.4, -0.2) is 36.6 Å². The Bertz CT molecular complexity index is 179. The lowest BCUT2D eigenvalue weighted by Crippen LogP contribution is -2.53. The fourth-order valence-electron chi connectivity index (χ4n) is 1.74. The fraction of sp³-hybridized carbons (Fsp3) is 1.00. The Morgan fingerprint density at radius 2 is 2.07 bits per heavy atom. The molecular weight excluding hydrogens is 180 g/mol. The van der Waals surface area contributed by atoms with E-state index in [1.54, 1.807) is 0 Å². The smallest absolute Gasteiger partial charge is 0.110 e. The van der Waals surface area contributed by atoms with Crippen LogP contribution in [0.5, 0.6) is 0 Å². The summed E-state index contributed by atoms with van der Waals surface area (Å²) in [5.41, 5.74) is 0. The Balaban J connectivity index is 1.64. The number of aliphatic hydroxyl groups excluding tert-OH is 1. The zero-order chi connectivity index (χ0) is 9.97. The van der Waals surface area contributed by atoms with Crippen LogP contribution in [-0.2, 0) is 9.47 Å². The zero-order valence-electron chi connectivity index (χ0n) is 8.82. The maximum absolute atomic E-state index is 9.48. The maximum Gasteiger partial charge on any atom is 0.110 e. The maximum atomic E-state index is 9.48. The third-order valence-corrected chi connectivity index (χ3v) is 2.98. The number of ether oxygens (including phenoxy) is 2. The molecule has 1 N–H and O–H groups in total. The molecule has 2 rings (SSSR count). The molecule has 0 heterocycles. The SMILES string of the molecule is CCCOC1C(O)CC1OCC1CC1. The second-order valence-electron chi connectivity index (χ2n) is 4.45. The summed E-state index contributed by atoms with van der Waals surface area (Å²) in [6, 6.07) is 0. The molecular formula is C11H20O3. The van der Waals surface area contributed by atoms with Gasteiger partial charge in [0.1, 0.15) is 6.10 Å². The largest absolute Gasteiger partial charge is 0.390 e. The first kappa shape index (κ1) is 10.4. The monoisotopic (exact) mass is 200 g/mol. The molecule has 2 fully saturated rings. The van der Waals surface area contributed by atoms with Gasteiger partial charge in [0.25, 0.3) is 0 Å². The highest BCUT2D eigenvalue weighted by atomic mass is 16.6. The van der Waals surface area contributed by atoms with Crippen molar-refractivity contribution in [3.05, 3.63) is 0 Å². The van der Waals surface area contributed by atoms with E-state index in [-0.39, 0.29) is 18.3 Å². The van der Waals surface area contributed by atoms with E-state index >= 15 is 0 Å². The summed E-state index contributed by atoms with van der Waals surface area (Å²) in [6.45, 7) is 3.67. The Hall–Kier alpha value is -0.120. The molecule has 0 aromatic rings. The summed E-state index contributed by atoms with van der Waals surface area (Å²) in [7, 11) is 0. The van der Waals surface area contributed by atoms with Crippen molar-refractivity contribution in [2.75, 3.05) is 13.2 Å². The molecule has 14 heavy (non-hydrogen) atoms. The third kappa shape index (κ3) is 2.47. The lowest BCUT2D eigenvalue weighted by atomic mass is 9.88. The fourth-order valence-corrected chi connectivity index (χ4v) is 1.74. The van der Waals surface area contributed by atoms with E-state index in [1.165, 1.54) is 12.8 Å². The van der Waals surface area contributed by atoms with Crippen molar-refractivity contribution in [3.63, 3.8) is 0 Å². The van der Waals surface area contributed by atoms with Gasteiger partial charge >= 0.3 is 0 Å². The Morgan fingerprint density at radius 1 is 1.29 bits per heavy atom. The first-order valence-electron chi connectivity index (χ1n) is 5.72. The lowest BCUT2D eigenvalue weighted by molar-refractivity contribution is -0.193. The van der Waals surface area contributed by atoms with Crippen molar-refractivity contribution < 1.29 is 14.6 Å². The van der Waals surface area contributed by atoms with Crippen LogP contribution in [0.25, 0.3) is 0 Å². The molecule has 0 amide bonds. The molecule has 3 nitrogen and oxygen atoms in total. The van der Waals surface area contributed by atoms with Crippen LogP contribution in [0, 0.1) is 5.92 Å². The van der Waals surface area contributed by atoms with E-state index in [2.05, 4.69) is 6.92 Å². The van der Waals surface area contributed by atoms with Crippen molar-refractivity contribution in [3.8, 4) is 0 Å². The van der Waals surface area contributed by atoms with E-state index in [9.17, 15) is 5.11 Å². The molecule has 0 aromatic carbocycles. The van der Waals surface area contributed by atoms with Crippen LogP contribution in [0.1, 0.15) is 32.6 Å². The van der Waals surface area contributed by atoms with Gasteiger partial charge in [0, 0.05) is 19.6 Å². The van der Waals surface area contributed by atoms with Gasteiger partial charge < -0.3 is 14.6 Å². The molecule has 0 saturated heterocycles. The van der Waals surface area contributed by atoms with Gasteiger partial charge in [-0.05, 0) is 25.2 Å². The van der Waals surface area contributed by atoms with Gasteiger partial charge in [0.05, 0.1) is 12.2 Å². The quantitative estimate of drug-likeness (QED) is 0.703. The molecule has 3 heteroatoms. The third-order valence-electron chi connectivity index (χ3n) is 2.98. The number of hydrogen-bond acceptors (Lipinski definition) is 3. The number of rotatable bonds is 6. The predicted molar refractivity (Wildman–Crippen MR) is 53.1 cm³/mol. The molecule has 0 aromatic heterocycles. The van der Waals surface area contributed by atoms with E-state index in [0.717, 1.165) is 32.0 Å². The lowest BCUT2D eigenvalue weighted by Gasteiger charge is -2.40. The van der Waals surface area contributed by atoms with Gasteiger partial charge in [-0.25, -0.2) is 0 Å².